The van der Waals surface area contributed by atoms with E-state index in [0.717, 1.165) is 23.8 Å². The normalized spacial score (nSPS) is 16.3. The quantitative estimate of drug-likeness (QED) is 0.729. The maximum absolute atomic E-state index is 12.6. The first-order valence-corrected chi connectivity index (χ1v) is 7.45. The lowest BCUT2D eigenvalue weighted by Gasteiger charge is -2.30. The molecule has 0 saturated carbocycles. The van der Waals surface area contributed by atoms with E-state index in [4.69, 9.17) is 4.42 Å². The maximum Gasteiger partial charge on any atom is 0.289 e. The highest BCUT2D eigenvalue weighted by atomic mass is 16.3. The molecular formula is C16H16N4O2. The van der Waals surface area contributed by atoms with Crippen LogP contribution in [0.1, 0.15) is 29.4 Å². The molecule has 1 aliphatic heterocycles. The van der Waals surface area contributed by atoms with Crippen molar-refractivity contribution in [2.45, 2.75) is 18.9 Å². The third kappa shape index (κ3) is 2.26. The van der Waals surface area contributed by atoms with Gasteiger partial charge in [-0.15, -0.1) is 0 Å². The van der Waals surface area contributed by atoms with Gasteiger partial charge in [-0.25, -0.2) is 0 Å². The fraction of sp³-hybridized carbons (Fsp3) is 0.312. The van der Waals surface area contributed by atoms with Crippen molar-refractivity contribution in [1.29, 1.82) is 0 Å². The number of amides is 1. The molecule has 112 valence electrons. The van der Waals surface area contributed by atoms with Crippen LogP contribution < -0.4 is 0 Å². The van der Waals surface area contributed by atoms with Crippen LogP contribution in [-0.4, -0.2) is 38.9 Å². The number of likely N-dealkylation sites (tertiary alicyclic amines) is 1. The molecule has 0 bridgehead atoms. The summed E-state index contributed by atoms with van der Waals surface area (Å²) in [6.45, 7) is 1.39. The number of furan rings is 1. The Labute approximate surface area is 127 Å². The van der Waals surface area contributed by atoms with Gasteiger partial charge in [0.25, 0.3) is 5.91 Å². The number of hydrogen-bond donors (Lipinski definition) is 0. The number of para-hydroxylation sites is 1. The summed E-state index contributed by atoms with van der Waals surface area (Å²) in [5.41, 5.74) is 0.751. The molecular weight excluding hydrogens is 280 g/mol. The maximum atomic E-state index is 12.6. The summed E-state index contributed by atoms with van der Waals surface area (Å²) < 4.78 is 5.66. The number of rotatable bonds is 2. The van der Waals surface area contributed by atoms with E-state index >= 15 is 0 Å². The van der Waals surface area contributed by atoms with Gasteiger partial charge in [0.05, 0.1) is 18.4 Å². The number of aromatic nitrogens is 3. The number of nitrogens with zero attached hydrogens (tertiary/aromatic N) is 4. The second-order valence-electron chi connectivity index (χ2n) is 5.52. The largest absolute Gasteiger partial charge is 0.451 e. The first-order valence-electron chi connectivity index (χ1n) is 7.45. The van der Waals surface area contributed by atoms with Crippen LogP contribution in [0.2, 0.25) is 0 Å². The van der Waals surface area contributed by atoms with Gasteiger partial charge >= 0.3 is 0 Å². The molecule has 22 heavy (non-hydrogen) atoms. The summed E-state index contributed by atoms with van der Waals surface area (Å²) in [6, 6.07) is 9.76. The molecule has 1 amide bonds. The molecule has 0 aliphatic carbocycles. The second-order valence-corrected chi connectivity index (χ2v) is 5.52. The van der Waals surface area contributed by atoms with Crippen LogP contribution in [0.5, 0.6) is 0 Å². The smallest absolute Gasteiger partial charge is 0.289 e. The Balaban J connectivity index is 1.47. The van der Waals surface area contributed by atoms with Gasteiger partial charge in [-0.05, 0) is 25.0 Å². The molecule has 0 spiro atoms. The number of hydrogen-bond acceptors (Lipinski definition) is 4. The van der Waals surface area contributed by atoms with Crippen LogP contribution in [-0.2, 0) is 0 Å². The second kappa shape index (κ2) is 5.29. The lowest BCUT2D eigenvalue weighted by Crippen LogP contribution is -2.39. The van der Waals surface area contributed by atoms with Gasteiger partial charge in [-0.3, -0.25) is 4.79 Å². The van der Waals surface area contributed by atoms with E-state index in [1.165, 1.54) is 0 Å². The highest BCUT2D eigenvalue weighted by molar-refractivity contribution is 5.96. The van der Waals surface area contributed by atoms with E-state index in [2.05, 4.69) is 10.2 Å². The molecule has 0 N–H and O–H groups in total. The van der Waals surface area contributed by atoms with Gasteiger partial charge < -0.3 is 9.32 Å². The zero-order valence-corrected chi connectivity index (χ0v) is 12.1. The number of carbonyl (C=O) groups is 1. The Morgan fingerprint density at radius 1 is 1.14 bits per heavy atom. The Hall–Kier alpha value is -2.63. The highest BCUT2D eigenvalue weighted by Crippen LogP contribution is 2.24. The Kier molecular flexibility index (Phi) is 3.14. The Morgan fingerprint density at radius 2 is 1.86 bits per heavy atom. The molecule has 3 heterocycles. The minimum absolute atomic E-state index is 0.0388. The lowest BCUT2D eigenvalue weighted by molar-refractivity contribution is 0.0654. The summed E-state index contributed by atoms with van der Waals surface area (Å²) in [5.74, 6) is 0.375. The van der Waals surface area contributed by atoms with Gasteiger partial charge in [0.1, 0.15) is 5.58 Å². The van der Waals surface area contributed by atoms with Crippen molar-refractivity contribution < 1.29 is 9.21 Å². The average molecular weight is 296 g/mol. The van der Waals surface area contributed by atoms with Crippen molar-refractivity contribution >= 4 is 16.9 Å². The van der Waals surface area contributed by atoms with Crippen LogP contribution >= 0.6 is 0 Å². The molecule has 0 radical (unpaired) electrons. The van der Waals surface area contributed by atoms with E-state index in [0.29, 0.717) is 18.8 Å². The molecule has 1 fully saturated rings. The molecule has 2 aromatic heterocycles. The van der Waals surface area contributed by atoms with Gasteiger partial charge in [-0.1, -0.05) is 18.2 Å². The summed E-state index contributed by atoms with van der Waals surface area (Å²) in [7, 11) is 0. The van der Waals surface area contributed by atoms with Crippen molar-refractivity contribution in [3.05, 3.63) is 48.5 Å². The van der Waals surface area contributed by atoms with Crippen LogP contribution in [0.25, 0.3) is 11.0 Å². The molecule has 1 saturated heterocycles. The summed E-state index contributed by atoms with van der Waals surface area (Å²) in [4.78, 5) is 16.1. The van der Waals surface area contributed by atoms with Gasteiger partial charge in [-0.2, -0.15) is 15.0 Å². The summed E-state index contributed by atoms with van der Waals surface area (Å²) in [6.07, 6.45) is 5.10. The van der Waals surface area contributed by atoms with Crippen molar-refractivity contribution in [2.75, 3.05) is 13.1 Å². The molecule has 1 aliphatic rings. The minimum Gasteiger partial charge on any atom is -0.451 e. The minimum atomic E-state index is -0.0388. The number of benzene rings is 1. The third-order valence-corrected chi connectivity index (χ3v) is 4.15. The zero-order chi connectivity index (χ0) is 14.9. The molecule has 4 rings (SSSR count). The predicted octanol–water partition coefficient (Wildman–Crippen LogP) is 2.50. The van der Waals surface area contributed by atoms with E-state index < -0.39 is 0 Å². The molecule has 3 aromatic rings. The topological polar surface area (TPSA) is 64.2 Å². The molecule has 6 heteroatoms. The van der Waals surface area contributed by atoms with Gasteiger partial charge in [0.15, 0.2) is 5.76 Å². The monoisotopic (exact) mass is 296 g/mol. The summed E-state index contributed by atoms with van der Waals surface area (Å²) >= 11 is 0. The van der Waals surface area contributed by atoms with E-state index in [1.54, 1.807) is 17.2 Å². The predicted molar refractivity (Wildman–Crippen MR) is 80.4 cm³/mol. The first kappa shape index (κ1) is 13.1. The Morgan fingerprint density at radius 3 is 2.59 bits per heavy atom. The Bertz CT molecular complexity index is 752. The molecule has 1 aromatic carbocycles. The standard InChI is InChI=1S/C16H16N4O2/c21-16(15-11-12-3-1-2-4-14(12)22-15)19-9-5-13(6-10-19)20-17-7-8-18-20/h1-4,7-8,11,13H,5-6,9-10H2. The SMILES string of the molecule is O=C(c1cc2ccccc2o1)N1CCC(n2nccn2)CC1. The lowest BCUT2D eigenvalue weighted by atomic mass is 10.1. The fourth-order valence-electron chi connectivity index (χ4n) is 2.96. The van der Waals surface area contributed by atoms with Crippen molar-refractivity contribution in [1.82, 2.24) is 19.9 Å². The van der Waals surface area contributed by atoms with Crippen LogP contribution in [0.3, 0.4) is 0 Å². The third-order valence-electron chi connectivity index (χ3n) is 4.15. The zero-order valence-electron chi connectivity index (χ0n) is 12.1. The van der Waals surface area contributed by atoms with Gasteiger partial charge in [0.2, 0.25) is 0 Å². The van der Waals surface area contributed by atoms with Crippen molar-refractivity contribution in [3.8, 4) is 0 Å². The van der Waals surface area contributed by atoms with E-state index in [9.17, 15) is 4.79 Å². The number of carbonyl (C=O) groups excluding carboxylic acids is 1. The van der Waals surface area contributed by atoms with E-state index in [-0.39, 0.29) is 11.9 Å². The number of piperidine rings is 1. The molecule has 6 nitrogen and oxygen atoms in total. The molecule has 0 atom stereocenters. The van der Waals surface area contributed by atoms with Crippen molar-refractivity contribution in [2.24, 2.45) is 0 Å². The van der Waals surface area contributed by atoms with Crippen LogP contribution in [0.15, 0.2) is 47.1 Å². The summed E-state index contributed by atoms with van der Waals surface area (Å²) in [5, 5.41) is 9.32. The van der Waals surface area contributed by atoms with E-state index in [1.807, 2.05) is 35.2 Å². The first-order chi connectivity index (χ1) is 10.8. The van der Waals surface area contributed by atoms with Gasteiger partial charge in [0, 0.05) is 18.5 Å². The molecule has 0 unspecified atom stereocenters. The van der Waals surface area contributed by atoms with Crippen molar-refractivity contribution in [3.63, 3.8) is 0 Å². The number of fused-ring (bicyclic) bond motifs is 1. The van der Waals surface area contributed by atoms with Crippen LogP contribution in [0.4, 0.5) is 0 Å². The van der Waals surface area contributed by atoms with Crippen LogP contribution in [0, 0.1) is 0 Å². The highest BCUT2D eigenvalue weighted by Gasteiger charge is 2.27. The average Bonchev–Trinajstić information content (AvgIpc) is 3.23. The fourth-order valence-corrected chi connectivity index (χ4v) is 2.96.